The Morgan fingerprint density at radius 3 is 2.00 bits per heavy atom. The van der Waals surface area contributed by atoms with Crippen molar-refractivity contribution < 1.29 is 14.3 Å². The number of nitrogens with zero attached hydrogens (tertiary/aromatic N) is 3. The van der Waals surface area contributed by atoms with Gasteiger partial charge in [-0.2, -0.15) is 0 Å². The third-order valence-corrected chi connectivity index (χ3v) is 11.3. The lowest BCUT2D eigenvalue weighted by atomic mass is 10.1. The molecule has 0 saturated heterocycles. The van der Waals surface area contributed by atoms with E-state index in [1.165, 1.54) is 62.7 Å². The summed E-state index contributed by atoms with van der Waals surface area (Å²) >= 11 is 1.80. The smallest absolute Gasteiger partial charge is 0.413 e. The van der Waals surface area contributed by atoms with Gasteiger partial charge in [0.15, 0.2) is 5.82 Å². The molecule has 2 heterocycles. The summed E-state index contributed by atoms with van der Waals surface area (Å²) in [6.07, 6.45) is 16.9. The molecule has 5 rings (SSSR count). The lowest BCUT2D eigenvalue weighted by Crippen LogP contribution is -2.22. The molecule has 57 heavy (non-hydrogen) atoms. The van der Waals surface area contributed by atoms with E-state index < -0.39 is 6.09 Å². The maximum Gasteiger partial charge on any atom is 0.413 e. The maximum atomic E-state index is 13.2. The Morgan fingerprint density at radius 1 is 0.719 bits per heavy atom. The quantitative estimate of drug-likeness (QED) is 0.0505. The predicted octanol–water partition coefficient (Wildman–Crippen LogP) is 12.9. The van der Waals surface area contributed by atoms with E-state index in [-0.39, 0.29) is 17.3 Å². The normalized spacial score (nSPS) is 11.7. The van der Waals surface area contributed by atoms with E-state index in [4.69, 9.17) is 14.7 Å². The van der Waals surface area contributed by atoms with Crippen molar-refractivity contribution >= 4 is 51.5 Å². The SMILES string of the molecule is CCCCCCCCCCCCCC(=O)NCc1ccc(Cn2c(CCCC)nc3c(NC(=O)OCc4ccc(SC(C)(C)C)cc4)nc4ccccc4c32)cc1. The van der Waals surface area contributed by atoms with Crippen LogP contribution in [0.15, 0.2) is 77.7 Å². The molecule has 0 radical (unpaired) electrons. The molecule has 2 amide bonds. The Balaban J connectivity index is 1.19. The molecular weight excluding hydrogens is 727 g/mol. The lowest BCUT2D eigenvalue weighted by Gasteiger charge is -2.17. The first-order valence-corrected chi connectivity index (χ1v) is 22.3. The first kappa shape index (κ1) is 43.7. The number of pyridine rings is 1. The van der Waals surface area contributed by atoms with Crippen LogP contribution in [0.3, 0.4) is 0 Å². The Bertz CT molecular complexity index is 2000. The minimum atomic E-state index is -0.571. The summed E-state index contributed by atoms with van der Waals surface area (Å²) in [6.45, 7) is 12.3. The number of aryl methyl sites for hydroxylation is 1. The molecule has 0 aliphatic carbocycles. The van der Waals surface area contributed by atoms with Crippen LogP contribution in [-0.2, 0) is 35.6 Å². The van der Waals surface area contributed by atoms with Crippen LogP contribution < -0.4 is 10.6 Å². The summed E-state index contributed by atoms with van der Waals surface area (Å²) in [5, 5.41) is 7.02. The zero-order chi connectivity index (χ0) is 40.5. The molecule has 0 spiro atoms. The third-order valence-electron chi connectivity index (χ3n) is 10.2. The van der Waals surface area contributed by atoms with Gasteiger partial charge in [-0.25, -0.2) is 14.8 Å². The number of unbranched alkanes of at least 4 members (excludes halogenated alkanes) is 11. The molecule has 0 aliphatic heterocycles. The largest absolute Gasteiger partial charge is 0.444 e. The topological polar surface area (TPSA) is 98.1 Å². The highest BCUT2D eigenvalue weighted by atomic mass is 32.2. The number of fused-ring (bicyclic) bond motifs is 3. The number of imidazole rings is 1. The van der Waals surface area contributed by atoms with Gasteiger partial charge in [0.2, 0.25) is 5.91 Å². The fraction of sp³-hybridized carbons (Fsp3) is 0.500. The van der Waals surface area contributed by atoms with Gasteiger partial charge in [-0.05, 0) is 47.7 Å². The van der Waals surface area contributed by atoms with E-state index in [1.54, 1.807) is 11.8 Å². The van der Waals surface area contributed by atoms with E-state index in [0.29, 0.717) is 30.8 Å². The third kappa shape index (κ3) is 14.2. The van der Waals surface area contributed by atoms with Gasteiger partial charge in [0, 0.05) is 41.0 Å². The van der Waals surface area contributed by atoms with Crippen molar-refractivity contribution in [2.45, 2.75) is 160 Å². The minimum absolute atomic E-state index is 0.121. The number of hydrogen-bond donors (Lipinski definition) is 2. The molecule has 2 N–H and O–H groups in total. The predicted molar refractivity (Wildman–Crippen MR) is 238 cm³/mol. The average Bonchev–Trinajstić information content (AvgIpc) is 3.56. The van der Waals surface area contributed by atoms with Crippen molar-refractivity contribution in [1.82, 2.24) is 19.9 Å². The van der Waals surface area contributed by atoms with Gasteiger partial charge in [0.1, 0.15) is 17.9 Å². The van der Waals surface area contributed by atoms with Gasteiger partial charge in [-0.3, -0.25) is 10.1 Å². The molecule has 0 bridgehead atoms. The Kier molecular flexibility index (Phi) is 17.3. The van der Waals surface area contributed by atoms with E-state index in [2.05, 4.69) is 92.3 Å². The summed E-state index contributed by atoms with van der Waals surface area (Å²) in [4.78, 5) is 36.9. The number of ether oxygens (including phenoxy) is 1. The first-order chi connectivity index (χ1) is 27.6. The number of hydrogen-bond acceptors (Lipinski definition) is 6. The number of carbonyl (C=O) groups is 2. The van der Waals surface area contributed by atoms with Crippen LogP contribution in [0, 0.1) is 0 Å². The van der Waals surface area contributed by atoms with E-state index in [1.807, 2.05) is 30.3 Å². The minimum Gasteiger partial charge on any atom is -0.444 e. The molecule has 0 aliphatic rings. The highest BCUT2D eigenvalue weighted by Gasteiger charge is 2.21. The van der Waals surface area contributed by atoms with E-state index in [0.717, 1.165) is 71.0 Å². The molecule has 306 valence electrons. The number of carbonyl (C=O) groups excluding carboxylic acids is 2. The van der Waals surface area contributed by atoms with Gasteiger partial charge in [-0.15, -0.1) is 11.8 Å². The number of para-hydroxylation sites is 1. The molecule has 0 fully saturated rings. The van der Waals surface area contributed by atoms with Gasteiger partial charge < -0.3 is 14.6 Å². The van der Waals surface area contributed by atoms with Crippen molar-refractivity contribution in [1.29, 1.82) is 0 Å². The molecule has 9 heteroatoms. The highest BCUT2D eigenvalue weighted by molar-refractivity contribution is 8.00. The van der Waals surface area contributed by atoms with Gasteiger partial charge >= 0.3 is 6.09 Å². The van der Waals surface area contributed by atoms with E-state index in [9.17, 15) is 9.59 Å². The zero-order valence-corrected chi connectivity index (χ0v) is 35.9. The fourth-order valence-corrected chi connectivity index (χ4v) is 8.12. The Hall–Kier alpha value is -4.37. The second kappa shape index (κ2) is 22.5. The molecule has 0 unspecified atom stereocenters. The van der Waals surface area contributed by atoms with Crippen LogP contribution in [0.25, 0.3) is 21.9 Å². The molecule has 2 aromatic heterocycles. The molecule has 0 saturated carbocycles. The molecule has 0 atom stereocenters. The van der Waals surface area contributed by atoms with Crippen molar-refractivity contribution in [2.75, 3.05) is 5.32 Å². The molecule has 3 aromatic carbocycles. The Morgan fingerprint density at radius 2 is 1.33 bits per heavy atom. The fourth-order valence-electron chi connectivity index (χ4n) is 7.14. The van der Waals surface area contributed by atoms with Gasteiger partial charge in [0.25, 0.3) is 0 Å². The highest BCUT2D eigenvalue weighted by Crippen LogP contribution is 2.33. The molecule has 5 aromatic rings. The van der Waals surface area contributed by atoms with Crippen LogP contribution in [-0.4, -0.2) is 31.3 Å². The van der Waals surface area contributed by atoms with Crippen molar-refractivity contribution in [3.05, 3.63) is 95.3 Å². The van der Waals surface area contributed by atoms with Crippen LogP contribution in [0.2, 0.25) is 0 Å². The second-order valence-electron chi connectivity index (χ2n) is 16.3. The number of amides is 2. The van der Waals surface area contributed by atoms with Gasteiger partial charge in [0.05, 0.1) is 11.0 Å². The first-order valence-electron chi connectivity index (χ1n) is 21.5. The summed E-state index contributed by atoms with van der Waals surface area (Å²) in [7, 11) is 0. The summed E-state index contributed by atoms with van der Waals surface area (Å²) in [5.41, 5.74) is 5.48. The summed E-state index contributed by atoms with van der Waals surface area (Å²) in [6, 6.07) is 24.6. The number of anilines is 1. The average molecular weight is 792 g/mol. The van der Waals surface area contributed by atoms with Crippen molar-refractivity contribution in [3.8, 4) is 0 Å². The standard InChI is InChI=1S/C48H65N5O3S/c1-6-8-10-11-12-13-14-15-16-17-18-24-43(54)49-33-36-25-27-37(28-26-36)34-53-42(23-9-7-2)51-44-45(53)40-21-19-20-22-41(40)50-46(44)52-47(55)56-35-38-29-31-39(32-30-38)57-48(3,4)5/h19-22,25-32H,6-18,23-24,33-35H2,1-5H3,(H,49,54)(H,50,52,55). The van der Waals surface area contributed by atoms with Crippen LogP contribution in [0.4, 0.5) is 10.6 Å². The van der Waals surface area contributed by atoms with Crippen LogP contribution >= 0.6 is 11.8 Å². The lowest BCUT2D eigenvalue weighted by molar-refractivity contribution is -0.121. The summed E-state index contributed by atoms with van der Waals surface area (Å²) in [5.74, 6) is 1.47. The molecule has 8 nitrogen and oxygen atoms in total. The molecular formula is C48H65N5O3S. The van der Waals surface area contributed by atoms with E-state index >= 15 is 0 Å². The maximum absolute atomic E-state index is 13.2. The van der Waals surface area contributed by atoms with Crippen LogP contribution in [0.1, 0.15) is 147 Å². The number of nitrogens with one attached hydrogen (secondary N) is 2. The van der Waals surface area contributed by atoms with Crippen LogP contribution in [0.5, 0.6) is 0 Å². The number of benzene rings is 3. The summed E-state index contributed by atoms with van der Waals surface area (Å²) < 4.78 is 8.06. The monoisotopic (exact) mass is 791 g/mol. The second-order valence-corrected chi connectivity index (χ2v) is 18.2. The zero-order valence-electron chi connectivity index (χ0n) is 35.1. The van der Waals surface area contributed by atoms with Crippen molar-refractivity contribution in [2.24, 2.45) is 0 Å². The number of rotatable bonds is 23. The van der Waals surface area contributed by atoms with Crippen molar-refractivity contribution in [3.63, 3.8) is 0 Å². The Labute approximate surface area is 345 Å². The number of aromatic nitrogens is 3. The van der Waals surface area contributed by atoms with Gasteiger partial charge in [-0.1, -0.05) is 160 Å². The number of thioether (sulfide) groups is 1.